The van der Waals surface area contributed by atoms with Crippen LogP contribution in [0.2, 0.25) is 0 Å². The van der Waals surface area contributed by atoms with Crippen LogP contribution in [0, 0.1) is 0 Å². The van der Waals surface area contributed by atoms with Gasteiger partial charge in [-0.3, -0.25) is 0 Å². The van der Waals surface area contributed by atoms with E-state index in [0.717, 1.165) is 40.6 Å². The zero-order valence-corrected chi connectivity index (χ0v) is 19.1. The highest BCUT2D eigenvalue weighted by Gasteiger charge is 2.23. The minimum atomic E-state index is 0.219. The molecule has 1 aliphatic carbocycles. The number of hydrogen-bond acceptors (Lipinski definition) is 4. The second-order valence-electron chi connectivity index (χ2n) is 7.63. The molecule has 0 saturated heterocycles. The van der Waals surface area contributed by atoms with Crippen molar-refractivity contribution >= 4 is 21.6 Å². The topological polar surface area (TPSA) is 53.9 Å². The Labute approximate surface area is 192 Å². The summed E-state index contributed by atoms with van der Waals surface area (Å²) in [4.78, 5) is 0. The molecule has 0 aromatic heterocycles. The van der Waals surface area contributed by atoms with Crippen molar-refractivity contribution in [3.63, 3.8) is 0 Å². The van der Waals surface area contributed by atoms with Gasteiger partial charge in [-0.05, 0) is 36.1 Å². The van der Waals surface area contributed by atoms with Crippen molar-refractivity contribution in [1.82, 2.24) is 5.43 Å². The highest BCUT2D eigenvalue weighted by Crippen LogP contribution is 2.36. The molecule has 0 saturated carbocycles. The lowest BCUT2D eigenvalue weighted by atomic mass is 10.1. The molecule has 31 heavy (non-hydrogen) atoms. The van der Waals surface area contributed by atoms with Gasteiger partial charge in [-0.25, -0.2) is 0 Å². The average Bonchev–Trinajstić information content (AvgIpc) is 3.11. The Hall–Kier alpha value is -2.79. The third-order valence-electron chi connectivity index (χ3n) is 5.47. The molecule has 0 atom stereocenters. The van der Waals surface area contributed by atoms with Crippen LogP contribution in [-0.2, 0) is 6.54 Å². The average molecular weight is 479 g/mol. The summed E-state index contributed by atoms with van der Waals surface area (Å²) in [5.41, 5.74) is 9.52. The molecule has 0 heterocycles. The number of phenolic OH excluding ortho intramolecular Hbond substituents is 1. The van der Waals surface area contributed by atoms with Crippen LogP contribution in [0.1, 0.15) is 42.4 Å². The molecule has 0 fully saturated rings. The summed E-state index contributed by atoms with van der Waals surface area (Å²) in [6.07, 6.45) is 4.59. The van der Waals surface area contributed by atoms with Crippen molar-refractivity contribution in [1.29, 1.82) is 0 Å². The molecular weight excluding hydrogens is 452 g/mol. The van der Waals surface area contributed by atoms with Crippen LogP contribution in [-0.4, -0.2) is 22.8 Å². The number of phenols is 1. The Morgan fingerprint density at radius 1 is 0.806 bits per heavy atom. The number of ether oxygens (including phenoxy) is 1. The zero-order chi connectivity index (χ0) is 21.5. The molecular formula is C26H27BrN2O2. The molecule has 4 rings (SSSR count). The van der Waals surface area contributed by atoms with E-state index in [1.54, 1.807) is 6.07 Å². The van der Waals surface area contributed by atoms with E-state index < -0.39 is 0 Å². The van der Waals surface area contributed by atoms with Crippen molar-refractivity contribution in [2.45, 2.75) is 32.2 Å². The van der Waals surface area contributed by atoms with Gasteiger partial charge in [0.05, 0.1) is 18.9 Å². The van der Waals surface area contributed by atoms with Crippen molar-refractivity contribution in [2.24, 2.45) is 5.10 Å². The molecule has 3 aromatic rings. The number of hydrogen-bond donors (Lipinski definition) is 2. The van der Waals surface area contributed by atoms with Gasteiger partial charge in [0.1, 0.15) is 11.5 Å². The monoisotopic (exact) mass is 478 g/mol. The summed E-state index contributed by atoms with van der Waals surface area (Å²) in [5, 5.41) is 16.1. The molecule has 0 radical (unpaired) electrons. The lowest BCUT2D eigenvalue weighted by Gasteiger charge is -2.10. The highest BCUT2D eigenvalue weighted by molar-refractivity contribution is 9.09. The summed E-state index contributed by atoms with van der Waals surface area (Å²) < 4.78 is 5.77. The Kier molecular flexibility index (Phi) is 7.26. The molecule has 1 aliphatic rings. The smallest absolute Gasteiger partial charge is 0.124 e. The molecule has 0 amide bonds. The standard InChI is InChI=1S/C26H27BrN2O2/c27-15-7-1-2-8-16-31-20-14-13-19(25(30)17-20)18-28-29-26-23-11-5-3-9-21(23)22-10-4-6-12-24(22)26/h3-6,9-14,17,28,30H,1-2,7-8,15-16,18H2. The number of alkyl halides is 1. The molecule has 2 N–H and O–H groups in total. The lowest BCUT2D eigenvalue weighted by Crippen LogP contribution is -2.11. The van der Waals surface area contributed by atoms with Crippen LogP contribution in [0.4, 0.5) is 0 Å². The maximum absolute atomic E-state index is 10.4. The first kappa shape index (κ1) is 21.4. The Bertz CT molecular complexity index is 1020. The van der Waals surface area contributed by atoms with E-state index in [-0.39, 0.29) is 5.75 Å². The number of halogens is 1. The predicted octanol–water partition coefficient (Wildman–Crippen LogP) is 6.25. The van der Waals surface area contributed by atoms with Gasteiger partial charge >= 0.3 is 0 Å². The van der Waals surface area contributed by atoms with Crippen LogP contribution in [0.5, 0.6) is 11.5 Å². The fourth-order valence-electron chi connectivity index (χ4n) is 3.84. The third kappa shape index (κ3) is 5.10. The van der Waals surface area contributed by atoms with Crippen LogP contribution >= 0.6 is 15.9 Å². The van der Waals surface area contributed by atoms with Crippen LogP contribution < -0.4 is 10.2 Å². The number of aromatic hydroxyl groups is 1. The first-order chi connectivity index (χ1) is 15.3. The minimum absolute atomic E-state index is 0.219. The molecule has 3 aromatic carbocycles. The molecule has 0 bridgehead atoms. The lowest BCUT2D eigenvalue weighted by molar-refractivity contribution is 0.303. The maximum atomic E-state index is 10.4. The first-order valence-corrected chi connectivity index (χ1v) is 11.9. The zero-order valence-electron chi connectivity index (χ0n) is 17.5. The minimum Gasteiger partial charge on any atom is -0.507 e. The molecule has 160 valence electrons. The van der Waals surface area contributed by atoms with E-state index >= 15 is 0 Å². The van der Waals surface area contributed by atoms with Crippen LogP contribution in [0.15, 0.2) is 71.8 Å². The first-order valence-electron chi connectivity index (χ1n) is 10.8. The number of hydrazone groups is 1. The summed E-state index contributed by atoms with van der Waals surface area (Å²) in [5.74, 6) is 0.920. The normalized spacial score (nSPS) is 11.7. The largest absolute Gasteiger partial charge is 0.507 e. The van der Waals surface area contributed by atoms with E-state index in [0.29, 0.717) is 18.9 Å². The molecule has 0 unspecified atom stereocenters. The van der Waals surface area contributed by atoms with E-state index in [1.165, 1.54) is 24.0 Å². The highest BCUT2D eigenvalue weighted by atomic mass is 79.9. The Balaban J connectivity index is 1.37. The molecule has 0 aliphatic heterocycles. The van der Waals surface area contributed by atoms with Gasteiger partial charge in [0.15, 0.2) is 0 Å². The molecule has 5 heteroatoms. The van der Waals surface area contributed by atoms with Gasteiger partial charge in [-0.15, -0.1) is 0 Å². The fraction of sp³-hybridized carbons (Fsp3) is 0.269. The second-order valence-corrected chi connectivity index (χ2v) is 8.42. The summed E-state index contributed by atoms with van der Waals surface area (Å²) in [6.45, 7) is 1.11. The number of rotatable bonds is 10. The maximum Gasteiger partial charge on any atom is 0.124 e. The fourth-order valence-corrected chi connectivity index (χ4v) is 4.24. The number of nitrogens with zero attached hydrogens (tertiary/aromatic N) is 1. The van der Waals surface area contributed by atoms with Gasteiger partial charge in [0.25, 0.3) is 0 Å². The summed E-state index contributed by atoms with van der Waals surface area (Å²) in [7, 11) is 0. The van der Waals surface area contributed by atoms with E-state index in [4.69, 9.17) is 4.74 Å². The molecule has 0 spiro atoms. The number of benzene rings is 3. The predicted molar refractivity (Wildman–Crippen MR) is 130 cm³/mol. The Morgan fingerprint density at radius 2 is 1.45 bits per heavy atom. The summed E-state index contributed by atoms with van der Waals surface area (Å²) in [6, 6.07) is 22.1. The quantitative estimate of drug-likeness (QED) is 0.161. The number of fused-ring (bicyclic) bond motifs is 3. The van der Waals surface area contributed by atoms with Gasteiger partial charge in [0, 0.05) is 28.1 Å². The van der Waals surface area contributed by atoms with Gasteiger partial charge in [-0.1, -0.05) is 77.3 Å². The SMILES string of the molecule is Oc1cc(OCCCCCCBr)ccc1CNN=C1c2ccccc2-c2ccccc21. The van der Waals surface area contributed by atoms with E-state index in [1.807, 2.05) is 24.3 Å². The number of nitrogens with one attached hydrogen (secondary N) is 1. The number of unbranched alkanes of at least 4 members (excludes halogenated alkanes) is 3. The van der Waals surface area contributed by atoms with Crippen LogP contribution in [0.25, 0.3) is 11.1 Å². The summed E-state index contributed by atoms with van der Waals surface area (Å²) >= 11 is 3.45. The van der Waals surface area contributed by atoms with E-state index in [9.17, 15) is 5.11 Å². The van der Waals surface area contributed by atoms with E-state index in [2.05, 4.69) is 62.9 Å². The van der Waals surface area contributed by atoms with Crippen molar-refractivity contribution < 1.29 is 9.84 Å². The third-order valence-corrected chi connectivity index (χ3v) is 6.03. The van der Waals surface area contributed by atoms with Gasteiger partial charge in [0.2, 0.25) is 0 Å². The van der Waals surface area contributed by atoms with Crippen molar-refractivity contribution in [3.05, 3.63) is 83.4 Å². The van der Waals surface area contributed by atoms with Crippen molar-refractivity contribution in [3.8, 4) is 22.6 Å². The second kappa shape index (κ2) is 10.5. The van der Waals surface area contributed by atoms with Gasteiger partial charge in [-0.2, -0.15) is 5.10 Å². The van der Waals surface area contributed by atoms with Crippen molar-refractivity contribution in [2.75, 3.05) is 11.9 Å². The molecule has 4 nitrogen and oxygen atoms in total. The van der Waals surface area contributed by atoms with Crippen LogP contribution in [0.3, 0.4) is 0 Å². The van der Waals surface area contributed by atoms with Gasteiger partial charge < -0.3 is 15.3 Å². The Morgan fingerprint density at radius 3 is 2.10 bits per heavy atom.